The number of hydrogen-bond donors (Lipinski definition) is 2. The van der Waals surface area contributed by atoms with E-state index < -0.39 is 0 Å². The smallest absolute Gasteiger partial charge is 0.0713 e. The van der Waals surface area contributed by atoms with E-state index in [1.165, 1.54) is 12.8 Å². The van der Waals surface area contributed by atoms with Gasteiger partial charge in [-0.05, 0) is 32.1 Å². The molecule has 3 unspecified atom stereocenters. The Morgan fingerprint density at radius 2 is 1.83 bits per heavy atom. The normalized spacial score (nSPS) is 39.8. The van der Waals surface area contributed by atoms with Crippen LogP contribution in [0.3, 0.4) is 0 Å². The van der Waals surface area contributed by atoms with Gasteiger partial charge >= 0.3 is 0 Å². The van der Waals surface area contributed by atoms with Gasteiger partial charge in [-0.25, -0.2) is 0 Å². The molecule has 0 heterocycles. The molecule has 2 bridgehead atoms. The van der Waals surface area contributed by atoms with Gasteiger partial charge in [-0.1, -0.05) is 12.8 Å². The molecular formula is C14H26O4. The maximum Gasteiger partial charge on any atom is 0.0713 e. The summed E-state index contributed by atoms with van der Waals surface area (Å²) < 4.78 is 11.8. The number of rotatable bonds is 6. The fourth-order valence-corrected chi connectivity index (χ4v) is 3.99. The first kappa shape index (κ1) is 14.3. The molecular weight excluding hydrogens is 232 g/mol. The molecule has 0 aromatic carbocycles. The van der Waals surface area contributed by atoms with Crippen molar-refractivity contribution in [2.24, 2.45) is 5.92 Å². The fraction of sp³-hybridized carbons (Fsp3) is 1.00. The van der Waals surface area contributed by atoms with Crippen molar-refractivity contribution in [3.8, 4) is 0 Å². The average molecular weight is 258 g/mol. The molecule has 0 radical (unpaired) electrons. The number of fused-ring (bicyclic) bond motifs is 2. The third kappa shape index (κ3) is 3.23. The van der Waals surface area contributed by atoms with Gasteiger partial charge in [0.25, 0.3) is 0 Å². The Morgan fingerprint density at radius 1 is 1.11 bits per heavy atom. The van der Waals surface area contributed by atoms with Crippen LogP contribution in [-0.4, -0.2) is 47.8 Å². The molecule has 2 N–H and O–H groups in total. The first-order valence-electron chi connectivity index (χ1n) is 7.11. The van der Waals surface area contributed by atoms with Crippen LogP contribution in [0.25, 0.3) is 0 Å². The van der Waals surface area contributed by atoms with Crippen LogP contribution < -0.4 is 0 Å². The third-order valence-corrected chi connectivity index (χ3v) is 4.36. The summed E-state index contributed by atoms with van der Waals surface area (Å²) in [5.74, 6) is 0.662. The number of aliphatic hydroxyl groups excluding tert-OH is 2. The van der Waals surface area contributed by atoms with Crippen molar-refractivity contribution in [1.29, 1.82) is 0 Å². The van der Waals surface area contributed by atoms with E-state index in [1.54, 1.807) is 0 Å². The summed E-state index contributed by atoms with van der Waals surface area (Å²) in [7, 11) is 0. The lowest BCUT2D eigenvalue weighted by Gasteiger charge is -2.52. The molecule has 4 heteroatoms. The Labute approximate surface area is 109 Å². The second-order valence-corrected chi connectivity index (χ2v) is 6.12. The molecule has 2 aliphatic rings. The predicted molar refractivity (Wildman–Crippen MR) is 68.4 cm³/mol. The lowest BCUT2D eigenvalue weighted by atomic mass is 9.63. The summed E-state index contributed by atoms with van der Waals surface area (Å²) in [5, 5.41) is 17.9. The Hall–Kier alpha value is -0.160. The van der Waals surface area contributed by atoms with E-state index in [2.05, 4.69) is 6.92 Å². The van der Waals surface area contributed by atoms with Crippen LogP contribution in [0.5, 0.6) is 0 Å². The van der Waals surface area contributed by atoms with Crippen molar-refractivity contribution < 1.29 is 19.7 Å². The zero-order valence-corrected chi connectivity index (χ0v) is 11.4. The topological polar surface area (TPSA) is 58.9 Å². The van der Waals surface area contributed by atoms with Gasteiger partial charge in [0.05, 0.1) is 37.6 Å². The molecule has 106 valence electrons. The summed E-state index contributed by atoms with van der Waals surface area (Å²) in [4.78, 5) is 0. The van der Waals surface area contributed by atoms with E-state index in [0.29, 0.717) is 19.1 Å². The molecule has 0 aromatic heterocycles. The molecule has 2 rings (SSSR count). The molecule has 0 spiro atoms. The first-order valence-corrected chi connectivity index (χ1v) is 7.11. The second kappa shape index (κ2) is 5.87. The highest BCUT2D eigenvalue weighted by Gasteiger charge is 2.49. The predicted octanol–water partition coefficient (Wildman–Crippen LogP) is 1.49. The molecule has 4 nitrogen and oxygen atoms in total. The van der Waals surface area contributed by atoms with Crippen LogP contribution in [0.1, 0.15) is 45.4 Å². The van der Waals surface area contributed by atoms with Gasteiger partial charge in [-0.15, -0.1) is 0 Å². The minimum absolute atomic E-state index is 0.0742. The van der Waals surface area contributed by atoms with Crippen molar-refractivity contribution >= 4 is 0 Å². The number of hydrogen-bond acceptors (Lipinski definition) is 4. The third-order valence-electron chi connectivity index (χ3n) is 4.36. The van der Waals surface area contributed by atoms with Crippen molar-refractivity contribution in [2.75, 3.05) is 26.4 Å². The van der Waals surface area contributed by atoms with Gasteiger partial charge in [0, 0.05) is 6.42 Å². The summed E-state index contributed by atoms with van der Waals surface area (Å²) >= 11 is 0. The van der Waals surface area contributed by atoms with E-state index in [1.807, 2.05) is 0 Å². The van der Waals surface area contributed by atoms with Gasteiger partial charge in [0.2, 0.25) is 0 Å². The van der Waals surface area contributed by atoms with Crippen LogP contribution in [0.4, 0.5) is 0 Å². The van der Waals surface area contributed by atoms with E-state index in [-0.39, 0.29) is 24.4 Å². The molecule has 3 atom stereocenters. The van der Waals surface area contributed by atoms with Crippen LogP contribution in [0, 0.1) is 5.92 Å². The molecule has 0 aromatic rings. The van der Waals surface area contributed by atoms with Crippen LogP contribution in [0.2, 0.25) is 0 Å². The van der Waals surface area contributed by atoms with Gasteiger partial charge < -0.3 is 19.7 Å². The lowest BCUT2D eigenvalue weighted by molar-refractivity contribution is -0.186. The Morgan fingerprint density at radius 3 is 2.56 bits per heavy atom. The highest BCUT2D eigenvalue weighted by atomic mass is 16.5. The zero-order chi connectivity index (χ0) is 13.1. The molecule has 2 fully saturated rings. The zero-order valence-electron chi connectivity index (χ0n) is 11.4. The minimum Gasteiger partial charge on any atom is -0.394 e. The van der Waals surface area contributed by atoms with E-state index in [0.717, 1.165) is 25.7 Å². The van der Waals surface area contributed by atoms with Crippen molar-refractivity contribution in [3.63, 3.8) is 0 Å². The molecule has 2 saturated carbocycles. The van der Waals surface area contributed by atoms with Crippen LogP contribution in [-0.2, 0) is 9.47 Å². The van der Waals surface area contributed by atoms with Crippen molar-refractivity contribution in [2.45, 2.75) is 56.7 Å². The quantitative estimate of drug-likeness (QED) is 0.758. The summed E-state index contributed by atoms with van der Waals surface area (Å²) in [6.07, 6.45) is 6.59. The van der Waals surface area contributed by atoms with Gasteiger partial charge in [-0.3, -0.25) is 0 Å². The monoisotopic (exact) mass is 258 g/mol. The lowest BCUT2D eigenvalue weighted by Crippen LogP contribution is -2.52. The van der Waals surface area contributed by atoms with Crippen LogP contribution >= 0.6 is 0 Å². The number of ether oxygens (including phenoxy) is 2. The van der Waals surface area contributed by atoms with Gasteiger partial charge in [0.15, 0.2) is 0 Å². The second-order valence-electron chi connectivity index (χ2n) is 6.12. The summed E-state index contributed by atoms with van der Waals surface area (Å²) in [6, 6.07) is 0. The number of aliphatic hydroxyl groups is 2. The largest absolute Gasteiger partial charge is 0.394 e. The highest BCUT2D eigenvalue weighted by Crippen LogP contribution is 2.50. The summed E-state index contributed by atoms with van der Waals surface area (Å²) in [5.41, 5.74) is -0.282. The van der Waals surface area contributed by atoms with Crippen LogP contribution in [0.15, 0.2) is 0 Å². The van der Waals surface area contributed by atoms with Crippen molar-refractivity contribution in [1.82, 2.24) is 0 Å². The molecule has 18 heavy (non-hydrogen) atoms. The molecule has 0 amide bonds. The van der Waals surface area contributed by atoms with E-state index in [4.69, 9.17) is 19.7 Å². The summed E-state index contributed by atoms with van der Waals surface area (Å²) in [6.45, 7) is 3.12. The fourth-order valence-electron chi connectivity index (χ4n) is 3.99. The van der Waals surface area contributed by atoms with E-state index >= 15 is 0 Å². The molecule has 0 aliphatic heterocycles. The maximum atomic E-state index is 8.97. The highest BCUT2D eigenvalue weighted by molar-refractivity contribution is 5.01. The SMILES string of the molecule is CC1(OCCO)CC2CCCC(OCCO)(C2)C1. The Kier molecular flexibility index (Phi) is 4.64. The molecule has 0 saturated heterocycles. The average Bonchev–Trinajstić information content (AvgIpc) is 2.33. The first-order chi connectivity index (χ1) is 8.61. The van der Waals surface area contributed by atoms with Gasteiger partial charge in [-0.2, -0.15) is 0 Å². The van der Waals surface area contributed by atoms with Gasteiger partial charge in [0.1, 0.15) is 0 Å². The standard InChI is InChI=1S/C14H26O4/c1-13(17-7-5-15)9-12-3-2-4-14(10-12,11-13)18-8-6-16/h12,15-16H,2-11H2,1H3. The maximum absolute atomic E-state index is 8.97. The van der Waals surface area contributed by atoms with Crippen molar-refractivity contribution in [3.05, 3.63) is 0 Å². The molecule has 2 aliphatic carbocycles. The Bertz CT molecular complexity index is 269. The minimum atomic E-state index is -0.179. The Balaban J connectivity index is 2.04. The van der Waals surface area contributed by atoms with E-state index in [9.17, 15) is 0 Å².